The molecule has 2 unspecified atom stereocenters. The predicted molar refractivity (Wildman–Crippen MR) is 79.2 cm³/mol. The molecule has 21 heavy (non-hydrogen) atoms. The van der Waals surface area contributed by atoms with Crippen molar-refractivity contribution in [2.75, 3.05) is 26.2 Å². The van der Waals surface area contributed by atoms with Crippen molar-refractivity contribution in [3.05, 3.63) is 11.8 Å². The molecule has 0 aromatic carbocycles. The van der Waals surface area contributed by atoms with E-state index >= 15 is 0 Å². The summed E-state index contributed by atoms with van der Waals surface area (Å²) in [6.45, 7) is 5.76. The fourth-order valence-electron chi connectivity index (χ4n) is 2.35. The van der Waals surface area contributed by atoms with Gasteiger partial charge in [0.1, 0.15) is 11.6 Å². The van der Waals surface area contributed by atoms with E-state index in [0.717, 1.165) is 19.3 Å². The van der Waals surface area contributed by atoms with Gasteiger partial charge in [-0.15, -0.1) is 0 Å². The van der Waals surface area contributed by atoms with Crippen molar-refractivity contribution < 1.29 is 14.6 Å². The van der Waals surface area contributed by atoms with E-state index in [1.807, 2.05) is 19.9 Å². The van der Waals surface area contributed by atoms with Crippen molar-refractivity contribution in [3.8, 4) is 6.07 Å². The lowest BCUT2D eigenvalue weighted by atomic mass is 10.2. The Morgan fingerprint density at radius 1 is 1.38 bits per heavy atom. The number of carbonyl (C=O) groups is 1. The van der Waals surface area contributed by atoms with E-state index in [1.165, 1.54) is 6.20 Å². The standard InChI is InChI=1S/C15H25N3O3/c1-12-10-18(11-13(2)21-12)15(20)14(8-16)9-17-6-4-3-5-7-19/h9,12-13,17,19H,3-7,10-11H2,1-2H3/b14-9-. The van der Waals surface area contributed by atoms with Gasteiger partial charge in [0.25, 0.3) is 5.91 Å². The molecule has 1 aliphatic heterocycles. The average molecular weight is 295 g/mol. The molecule has 0 bridgehead atoms. The van der Waals surface area contributed by atoms with Gasteiger partial charge < -0.3 is 20.1 Å². The van der Waals surface area contributed by atoms with Crippen LogP contribution in [0.2, 0.25) is 0 Å². The number of morpholine rings is 1. The quantitative estimate of drug-likeness (QED) is 0.412. The largest absolute Gasteiger partial charge is 0.396 e. The number of nitrogens with zero attached hydrogens (tertiary/aromatic N) is 2. The molecule has 1 aliphatic rings. The van der Waals surface area contributed by atoms with Crippen molar-refractivity contribution in [1.29, 1.82) is 5.26 Å². The van der Waals surface area contributed by atoms with E-state index in [9.17, 15) is 4.79 Å². The summed E-state index contributed by atoms with van der Waals surface area (Å²) in [7, 11) is 0. The van der Waals surface area contributed by atoms with E-state index < -0.39 is 0 Å². The number of carbonyl (C=O) groups excluding carboxylic acids is 1. The molecule has 0 aliphatic carbocycles. The first-order chi connectivity index (χ1) is 10.1. The number of aliphatic hydroxyl groups excluding tert-OH is 1. The Bertz CT molecular complexity index is 393. The van der Waals surface area contributed by atoms with Gasteiger partial charge in [-0.2, -0.15) is 5.26 Å². The SMILES string of the molecule is CC1CN(C(=O)/C(C#N)=C\NCCCCCO)CC(C)O1. The first-order valence-electron chi connectivity index (χ1n) is 7.47. The van der Waals surface area contributed by atoms with Gasteiger partial charge >= 0.3 is 0 Å². The van der Waals surface area contributed by atoms with Gasteiger partial charge in [0, 0.05) is 32.4 Å². The van der Waals surface area contributed by atoms with Crippen LogP contribution in [-0.4, -0.2) is 54.4 Å². The minimum Gasteiger partial charge on any atom is -0.396 e. The Kier molecular flexibility index (Phi) is 7.80. The third-order valence-electron chi connectivity index (χ3n) is 3.28. The first kappa shape index (κ1) is 17.5. The Labute approximate surface area is 126 Å². The zero-order valence-electron chi connectivity index (χ0n) is 12.8. The summed E-state index contributed by atoms with van der Waals surface area (Å²) in [5.74, 6) is -0.248. The van der Waals surface area contributed by atoms with Gasteiger partial charge in [-0.3, -0.25) is 4.79 Å². The Hall–Kier alpha value is -1.58. The number of rotatable bonds is 7. The Morgan fingerprint density at radius 2 is 2.05 bits per heavy atom. The molecule has 0 radical (unpaired) electrons. The molecule has 6 heteroatoms. The van der Waals surface area contributed by atoms with Crippen LogP contribution in [-0.2, 0) is 9.53 Å². The maximum Gasteiger partial charge on any atom is 0.266 e. The lowest BCUT2D eigenvalue weighted by Gasteiger charge is -2.35. The van der Waals surface area contributed by atoms with Gasteiger partial charge in [-0.05, 0) is 33.1 Å². The number of unbranched alkanes of at least 4 members (excludes halogenated alkanes) is 2. The second-order valence-electron chi connectivity index (χ2n) is 5.38. The molecular weight excluding hydrogens is 270 g/mol. The van der Waals surface area contributed by atoms with Crippen LogP contribution in [0.4, 0.5) is 0 Å². The van der Waals surface area contributed by atoms with Gasteiger partial charge in [0.05, 0.1) is 12.2 Å². The Morgan fingerprint density at radius 3 is 2.62 bits per heavy atom. The molecule has 0 aromatic heterocycles. The highest BCUT2D eigenvalue weighted by atomic mass is 16.5. The number of aliphatic hydroxyl groups is 1. The molecule has 0 aromatic rings. The van der Waals surface area contributed by atoms with E-state index in [0.29, 0.717) is 19.6 Å². The summed E-state index contributed by atoms with van der Waals surface area (Å²) in [4.78, 5) is 14.0. The lowest BCUT2D eigenvalue weighted by Crippen LogP contribution is -2.48. The van der Waals surface area contributed by atoms with Gasteiger partial charge in [0.2, 0.25) is 0 Å². The molecule has 118 valence electrons. The number of hydrogen-bond donors (Lipinski definition) is 2. The fourth-order valence-corrected chi connectivity index (χ4v) is 2.35. The topological polar surface area (TPSA) is 85.6 Å². The maximum absolute atomic E-state index is 12.3. The first-order valence-corrected chi connectivity index (χ1v) is 7.47. The summed E-state index contributed by atoms with van der Waals surface area (Å²) in [6, 6.07) is 1.96. The second-order valence-corrected chi connectivity index (χ2v) is 5.38. The predicted octanol–water partition coefficient (Wildman–Crippen LogP) is 0.782. The van der Waals surface area contributed by atoms with Gasteiger partial charge in [0.15, 0.2) is 0 Å². The molecule has 0 saturated carbocycles. The fraction of sp³-hybridized carbons (Fsp3) is 0.733. The van der Waals surface area contributed by atoms with Crippen molar-refractivity contribution in [2.24, 2.45) is 0 Å². The molecule has 1 amide bonds. The van der Waals surface area contributed by atoms with E-state index in [2.05, 4.69) is 5.32 Å². The van der Waals surface area contributed by atoms with Crippen LogP contribution >= 0.6 is 0 Å². The highest BCUT2D eigenvalue weighted by molar-refractivity contribution is 5.97. The van der Waals surface area contributed by atoms with E-state index in [1.54, 1.807) is 4.90 Å². The minimum atomic E-state index is -0.248. The number of ether oxygens (including phenoxy) is 1. The minimum absolute atomic E-state index is 0.0101. The van der Waals surface area contributed by atoms with Crippen molar-refractivity contribution in [2.45, 2.75) is 45.3 Å². The van der Waals surface area contributed by atoms with Crippen LogP contribution in [0, 0.1) is 11.3 Å². The molecule has 2 N–H and O–H groups in total. The third kappa shape index (κ3) is 6.15. The monoisotopic (exact) mass is 295 g/mol. The summed E-state index contributed by atoms with van der Waals surface area (Å²) in [6.07, 6.45) is 4.07. The van der Waals surface area contributed by atoms with Crippen LogP contribution in [0.5, 0.6) is 0 Å². The van der Waals surface area contributed by atoms with Gasteiger partial charge in [-0.25, -0.2) is 0 Å². The van der Waals surface area contributed by atoms with E-state index in [4.69, 9.17) is 15.1 Å². The summed E-state index contributed by atoms with van der Waals surface area (Å²) in [5, 5.41) is 20.8. The lowest BCUT2D eigenvalue weighted by molar-refractivity contribution is -0.138. The summed E-state index contributed by atoms with van der Waals surface area (Å²) < 4.78 is 5.58. The zero-order chi connectivity index (χ0) is 15.7. The molecule has 6 nitrogen and oxygen atoms in total. The van der Waals surface area contributed by atoms with Crippen molar-refractivity contribution in [3.63, 3.8) is 0 Å². The third-order valence-corrected chi connectivity index (χ3v) is 3.28. The smallest absolute Gasteiger partial charge is 0.266 e. The summed E-state index contributed by atoms with van der Waals surface area (Å²) >= 11 is 0. The van der Waals surface area contributed by atoms with Crippen LogP contribution in [0.15, 0.2) is 11.8 Å². The average Bonchev–Trinajstić information content (AvgIpc) is 2.45. The molecule has 2 atom stereocenters. The van der Waals surface area contributed by atoms with Crippen LogP contribution < -0.4 is 5.32 Å². The number of amides is 1. The highest BCUT2D eigenvalue weighted by Crippen LogP contribution is 2.13. The Balaban J connectivity index is 2.47. The van der Waals surface area contributed by atoms with E-state index in [-0.39, 0.29) is 30.3 Å². The normalized spacial score (nSPS) is 22.8. The number of nitrogens with one attached hydrogen (secondary N) is 1. The molecule has 1 heterocycles. The van der Waals surface area contributed by atoms with Crippen LogP contribution in [0.3, 0.4) is 0 Å². The molecule has 0 spiro atoms. The van der Waals surface area contributed by atoms with Gasteiger partial charge in [-0.1, -0.05) is 0 Å². The maximum atomic E-state index is 12.3. The highest BCUT2D eigenvalue weighted by Gasteiger charge is 2.27. The molecular formula is C15H25N3O3. The number of hydrogen-bond acceptors (Lipinski definition) is 5. The number of nitriles is 1. The second kappa shape index (κ2) is 9.37. The van der Waals surface area contributed by atoms with Crippen LogP contribution in [0.25, 0.3) is 0 Å². The molecule has 1 rings (SSSR count). The van der Waals surface area contributed by atoms with Crippen LogP contribution in [0.1, 0.15) is 33.1 Å². The van der Waals surface area contributed by atoms with Crippen molar-refractivity contribution >= 4 is 5.91 Å². The van der Waals surface area contributed by atoms with Crippen molar-refractivity contribution in [1.82, 2.24) is 10.2 Å². The molecule has 1 saturated heterocycles. The summed E-state index contributed by atoms with van der Waals surface area (Å²) in [5.41, 5.74) is 0.124. The molecule has 1 fully saturated rings. The zero-order valence-corrected chi connectivity index (χ0v) is 12.8.